The summed E-state index contributed by atoms with van der Waals surface area (Å²) in [7, 11) is 0. The number of halogens is 1. The molecule has 0 saturated heterocycles. The van der Waals surface area contributed by atoms with Crippen LogP contribution in [0.15, 0.2) is 57.7 Å². The summed E-state index contributed by atoms with van der Waals surface area (Å²) in [5.74, 6) is -1.68. The highest BCUT2D eigenvalue weighted by Gasteiger charge is 2.21. The Morgan fingerprint density at radius 1 is 1.14 bits per heavy atom. The Bertz CT molecular complexity index is 1090. The van der Waals surface area contributed by atoms with Crippen LogP contribution in [0, 0.1) is 0 Å². The van der Waals surface area contributed by atoms with Crippen molar-refractivity contribution >= 4 is 40.1 Å². The van der Waals surface area contributed by atoms with Crippen molar-refractivity contribution in [1.82, 2.24) is 0 Å². The third kappa shape index (κ3) is 4.40. The molecule has 2 aromatic carbocycles. The molecule has 0 aliphatic carbocycles. The van der Waals surface area contributed by atoms with E-state index in [0.29, 0.717) is 10.7 Å². The minimum Gasteiger partial charge on any atom is -0.449 e. The monoisotopic (exact) mass is 399 g/mol. The average molecular weight is 400 g/mol. The van der Waals surface area contributed by atoms with E-state index in [1.165, 1.54) is 19.1 Å². The molecule has 3 rings (SSSR count). The number of nitrogens with one attached hydrogen (secondary N) is 1. The summed E-state index contributed by atoms with van der Waals surface area (Å²) >= 11 is 5.86. The molecule has 0 spiro atoms. The number of anilines is 1. The van der Waals surface area contributed by atoms with Crippen LogP contribution < -0.4 is 10.7 Å². The summed E-state index contributed by atoms with van der Waals surface area (Å²) in [5, 5.41) is 3.31. The molecule has 0 aliphatic rings. The molecule has 28 heavy (non-hydrogen) atoms. The highest BCUT2D eigenvalue weighted by atomic mass is 35.5. The number of ether oxygens (including phenoxy) is 1. The van der Waals surface area contributed by atoms with Crippen molar-refractivity contribution in [1.29, 1.82) is 0 Å². The number of hydrogen-bond donors (Lipinski definition) is 1. The lowest BCUT2D eigenvalue weighted by molar-refractivity contribution is -0.123. The zero-order valence-corrected chi connectivity index (χ0v) is 16.1. The quantitative estimate of drug-likeness (QED) is 0.650. The lowest BCUT2D eigenvalue weighted by Gasteiger charge is -2.13. The Morgan fingerprint density at radius 2 is 1.86 bits per heavy atom. The number of amides is 1. The van der Waals surface area contributed by atoms with Gasteiger partial charge in [0.1, 0.15) is 5.58 Å². The van der Waals surface area contributed by atoms with Crippen LogP contribution in [0.2, 0.25) is 5.02 Å². The minimum atomic E-state index is -1.08. The largest absolute Gasteiger partial charge is 0.449 e. The third-order valence-electron chi connectivity index (χ3n) is 4.17. The van der Waals surface area contributed by atoms with E-state index in [1.807, 2.05) is 19.1 Å². The summed E-state index contributed by atoms with van der Waals surface area (Å²) < 4.78 is 10.6. The van der Waals surface area contributed by atoms with E-state index >= 15 is 0 Å². The smallest absolute Gasteiger partial charge is 0.375 e. The Hall–Kier alpha value is -3.12. The lowest BCUT2D eigenvalue weighted by Crippen LogP contribution is -2.30. The molecular weight excluding hydrogens is 382 g/mol. The van der Waals surface area contributed by atoms with Gasteiger partial charge in [-0.2, -0.15) is 0 Å². The van der Waals surface area contributed by atoms with Crippen molar-refractivity contribution in [3.63, 3.8) is 0 Å². The van der Waals surface area contributed by atoms with Crippen molar-refractivity contribution in [2.45, 2.75) is 26.4 Å². The van der Waals surface area contributed by atoms with Crippen LogP contribution in [0.25, 0.3) is 11.0 Å². The number of carbonyl (C=O) groups is 2. The van der Waals surface area contributed by atoms with Gasteiger partial charge in [-0.15, -0.1) is 0 Å². The molecular formula is C21H18ClNO5. The van der Waals surface area contributed by atoms with Crippen molar-refractivity contribution < 1.29 is 18.7 Å². The minimum absolute atomic E-state index is 0.206. The lowest BCUT2D eigenvalue weighted by atomic mass is 10.1. The molecule has 7 heteroatoms. The molecule has 1 amide bonds. The number of carbonyl (C=O) groups excluding carboxylic acids is 2. The average Bonchev–Trinajstić information content (AvgIpc) is 2.68. The van der Waals surface area contributed by atoms with Crippen LogP contribution in [0.4, 0.5) is 5.69 Å². The first kappa shape index (κ1) is 19.6. The molecule has 1 N–H and O–H groups in total. The first-order chi connectivity index (χ1) is 13.4. The summed E-state index contributed by atoms with van der Waals surface area (Å²) in [4.78, 5) is 36.7. The number of benzene rings is 2. The predicted octanol–water partition coefficient (Wildman–Crippen LogP) is 4.19. The van der Waals surface area contributed by atoms with E-state index in [2.05, 4.69) is 5.32 Å². The maximum atomic E-state index is 12.3. The fraction of sp³-hybridized carbons (Fsp3) is 0.190. The molecule has 0 saturated carbocycles. The zero-order chi connectivity index (χ0) is 20.3. The maximum absolute atomic E-state index is 12.3. The molecule has 3 aromatic rings. The maximum Gasteiger partial charge on any atom is 0.375 e. The molecule has 144 valence electrons. The van der Waals surface area contributed by atoms with Gasteiger partial charge in [-0.1, -0.05) is 30.7 Å². The molecule has 0 unspecified atom stereocenters. The number of fused-ring (bicyclic) bond motifs is 1. The van der Waals surface area contributed by atoms with Gasteiger partial charge in [0.25, 0.3) is 5.91 Å². The molecule has 0 bridgehead atoms. The highest BCUT2D eigenvalue weighted by molar-refractivity contribution is 6.31. The molecule has 0 fully saturated rings. The zero-order valence-electron chi connectivity index (χ0n) is 15.3. The predicted molar refractivity (Wildman–Crippen MR) is 107 cm³/mol. The second-order valence-corrected chi connectivity index (χ2v) is 6.64. The van der Waals surface area contributed by atoms with Crippen molar-refractivity contribution in [3.05, 3.63) is 75.1 Å². The van der Waals surface area contributed by atoms with Crippen molar-refractivity contribution in [2.75, 3.05) is 5.32 Å². The molecule has 0 radical (unpaired) electrons. The van der Waals surface area contributed by atoms with Crippen LogP contribution in [0.1, 0.15) is 30.0 Å². The van der Waals surface area contributed by atoms with E-state index in [4.69, 9.17) is 20.8 Å². The molecule has 0 aliphatic heterocycles. The van der Waals surface area contributed by atoms with Crippen LogP contribution >= 0.6 is 11.6 Å². The van der Waals surface area contributed by atoms with E-state index < -0.39 is 23.4 Å². The van der Waals surface area contributed by atoms with Gasteiger partial charge >= 0.3 is 5.97 Å². The van der Waals surface area contributed by atoms with Gasteiger partial charge in [0.2, 0.25) is 5.76 Å². The van der Waals surface area contributed by atoms with Gasteiger partial charge in [-0.3, -0.25) is 9.59 Å². The van der Waals surface area contributed by atoms with Gasteiger partial charge in [-0.05, 0) is 49.2 Å². The van der Waals surface area contributed by atoms with E-state index in [1.54, 1.807) is 18.2 Å². The van der Waals surface area contributed by atoms with Gasteiger partial charge in [0, 0.05) is 16.8 Å². The van der Waals surface area contributed by atoms with Gasteiger partial charge in [0.05, 0.1) is 5.39 Å². The van der Waals surface area contributed by atoms with Gasteiger partial charge in [-0.25, -0.2) is 4.79 Å². The molecule has 1 atom stereocenters. The molecule has 6 nitrogen and oxygen atoms in total. The second-order valence-electron chi connectivity index (χ2n) is 6.20. The van der Waals surface area contributed by atoms with Gasteiger partial charge in [0.15, 0.2) is 11.5 Å². The van der Waals surface area contributed by atoms with Crippen LogP contribution in [-0.4, -0.2) is 18.0 Å². The summed E-state index contributed by atoms with van der Waals surface area (Å²) in [6, 6.07) is 12.9. The van der Waals surface area contributed by atoms with Crippen molar-refractivity contribution in [3.8, 4) is 0 Å². The molecule has 1 aromatic heterocycles. The van der Waals surface area contributed by atoms with E-state index in [0.717, 1.165) is 18.1 Å². The number of aryl methyl sites for hydroxylation is 1. The first-order valence-corrected chi connectivity index (χ1v) is 9.09. The van der Waals surface area contributed by atoms with Crippen LogP contribution in [0.3, 0.4) is 0 Å². The number of rotatable bonds is 5. The normalized spacial score (nSPS) is 11.8. The van der Waals surface area contributed by atoms with E-state index in [-0.39, 0.29) is 16.7 Å². The Labute approximate surface area is 166 Å². The SMILES string of the molecule is CCc1ccc(NC(=O)[C@@H](C)OC(=O)c2cc(=O)c3cc(Cl)ccc3o2)cc1. The fourth-order valence-corrected chi connectivity index (χ4v) is 2.74. The Morgan fingerprint density at radius 3 is 2.54 bits per heavy atom. The Kier molecular flexibility index (Phi) is 5.80. The van der Waals surface area contributed by atoms with Crippen molar-refractivity contribution in [2.24, 2.45) is 0 Å². The van der Waals surface area contributed by atoms with Gasteiger partial charge < -0.3 is 14.5 Å². The summed E-state index contributed by atoms with van der Waals surface area (Å²) in [6.45, 7) is 3.47. The standard InChI is InChI=1S/C21H18ClNO5/c1-3-13-4-7-15(8-5-13)23-20(25)12(2)27-21(26)19-11-17(24)16-10-14(22)6-9-18(16)28-19/h4-12H,3H2,1-2H3,(H,23,25)/t12-/m1/s1. The van der Waals surface area contributed by atoms with Crippen LogP contribution in [0.5, 0.6) is 0 Å². The third-order valence-corrected chi connectivity index (χ3v) is 4.41. The topological polar surface area (TPSA) is 85.6 Å². The summed E-state index contributed by atoms with van der Waals surface area (Å²) in [5.41, 5.74) is 1.52. The number of esters is 1. The first-order valence-electron chi connectivity index (χ1n) is 8.71. The Balaban J connectivity index is 1.71. The molecule has 1 heterocycles. The highest BCUT2D eigenvalue weighted by Crippen LogP contribution is 2.18. The fourth-order valence-electron chi connectivity index (χ4n) is 2.57. The number of hydrogen-bond acceptors (Lipinski definition) is 5. The van der Waals surface area contributed by atoms with Crippen LogP contribution in [-0.2, 0) is 16.0 Å². The summed E-state index contributed by atoms with van der Waals surface area (Å²) in [6.07, 6.45) is -0.185. The van der Waals surface area contributed by atoms with E-state index in [9.17, 15) is 14.4 Å². The second kappa shape index (κ2) is 8.27.